The maximum absolute atomic E-state index is 11.5. The Bertz CT molecular complexity index is 196. The predicted octanol–water partition coefficient (Wildman–Crippen LogP) is 0.443. The lowest BCUT2D eigenvalue weighted by atomic mass is 9.77. The molecule has 82 valence electrons. The van der Waals surface area contributed by atoms with E-state index in [1.165, 1.54) is 0 Å². The van der Waals surface area contributed by atoms with E-state index in [2.05, 4.69) is 5.32 Å². The molecule has 0 bridgehead atoms. The first kappa shape index (κ1) is 11.5. The van der Waals surface area contributed by atoms with Crippen LogP contribution >= 0.6 is 0 Å². The van der Waals surface area contributed by atoms with Crippen molar-refractivity contribution in [2.24, 2.45) is 0 Å². The third-order valence-electron chi connectivity index (χ3n) is 2.86. The number of hydrogen-bond acceptors (Lipinski definition) is 3. The van der Waals surface area contributed by atoms with Gasteiger partial charge in [0.2, 0.25) is 5.91 Å². The molecule has 0 spiro atoms. The fourth-order valence-corrected chi connectivity index (χ4v) is 1.69. The molecule has 1 saturated carbocycles. The highest BCUT2D eigenvalue weighted by atomic mass is 16.5. The molecule has 1 atom stereocenters. The van der Waals surface area contributed by atoms with Gasteiger partial charge in [0.1, 0.15) is 0 Å². The van der Waals surface area contributed by atoms with Gasteiger partial charge >= 0.3 is 0 Å². The second-order valence-electron chi connectivity index (χ2n) is 4.07. The van der Waals surface area contributed by atoms with E-state index in [-0.39, 0.29) is 24.2 Å². The van der Waals surface area contributed by atoms with Crippen molar-refractivity contribution in [2.75, 3.05) is 13.7 Å². The molecular weight excluding hydrogens is 182 g/mol. The van der Waals surface area contributed by atoms with Gasteiger partial charge in [-0.05, 0) is 26.2 Å². The van der Waals surface area contributed by atoms with Crippen molar-refractivity contribution in [3.8, 4) is 0 Å². The van der Waals surface area contributed by atoms with Crippen molar-refractivity contribution in [3.63, 3.8) is 0 Å². The molecule has 14 heavy (non-hydrogen) atoms. The molecule has 1 fully saturated rings. The molecule has 4 heteroatoms. The lowest BCUT2D eigenvalue weighted by Gasteiger charge is -2.40. The first-order valence-electron chi connectivity index (χ1n) is 5.07. The van der Waals surface area contributed by atoms with E-state index in [1.807, 2.05) is 0 Å². The Morgan fingerprint density at radius 1 is 1.64 bits per heavy atom. The number of hydrogen-bond donors (Lipinski definition) is 2. The van der Waals surface area contributed by atoms with Gasteiger partial charge < -0.3 is 15.2 Å². The average molecular weight is 201 g/mol. The summed E-state index contributed by atoms with van der Waals surface area (Å²) in [6.07, 6.45) is 3.47. The molecule has 4 nitrogen and oxygen atoms in total. The lowest BCUT2D eigenvalue weighted by molar-refractivity contribution is -0.135. The number of rotatable bonds is 5. The van der Waals surface area contributed by atoms with Crippen LogP contribution in [0, 0.1) is 0 Å². The monoisotopic (exact) mass is 201 g/mol. The molecule has 0 saturated heterocycles. The topological polar surface area (TPSA) is 58.6 Å². The summed E-state index contributed by atoms with van der Waals surface area (Å²) in [7, 11) is 1.65. The number of carbonyl (C=O) groups is 1. The van der Waals surface area contributed by atoms with Gasteiger partial charge in [-0.3, -0.25) is 4.79 Å². The Hall–Kier alpha value is -0.610. The SMILES string of the molecule is COC1(CC(=O)NC(C)CO)CCC1. The minimum Gasteiger partial charge on any atom is -0.394 e. The minimum absolute atomic E-state index is 0.0221. The Kier molecular flexibility index (Phi) is 3.89. The van der Waals surface area contributed by atoms with Crippen LogP contribution in [0.2, 0.25) is 0 Å². The fraction of sp³-hybridized carbons (Fsp3) is 0.900. The van der Waals surface area contributed by atoms with Crippen LogP contribution in [0.3, 0.4) is 0 Å². The molecule has 0 aliphatic heterocycles. The van der Waals surface area contributed by atoms with Crippen LogP contribution in [0.4, 0.5) is 0 Å². The van der Waals surface area contributed by atoms with E-state index in [4.69, 9.17) is 9.84 Å². The zero-order valence-corrected chi connectivity index (χ0v) is 8.88. The molecule has 1 amide bonds. The minimum atomic E-state index is -0.223. The molecule has 1 unspecified atom stereocenters. The molecule has 0 radical (unpaired) electrons. The number of carbonyl (C=O) groups excluding carboxylic acids is 1. The van der Waals surface area contributed by atoms with Gasteiger partial charge in [0.05, 0.1) is 18.6 Å². The van der Waals surface area contributed by atoms with Crippen molar-refractivity contribution in [2.45, 2.75) is 44.2 Å². The highest BCUT2D eigenvalue weighted by Crippen LogP contribution is 2.37. The molecule has 1 aliphatic rings. The van der Waals surface area contributed by atoms with Crippen LogP contribution in [0.25, 0.3) is 0 Å². The Labute approximate surface area is 84.6 Å². The molecule has 2 N–H and O–H groups in total. The van der Waals surface area contributed by atoms with Crippen LogP contribution in [0.5, 0.6) is 0 Å². The van der Waals surface area contributed by atoms with Gasteiger partial charge in [0, 0.05) is 13.2 Å². The summed E-state index contributed by atoms with van der Waals surface area (Å²) in [5.41, 5.74) is -0.223. The van der Waals surface area contributed by atoms with Crippen molar-refractivity contribution < 1.29 is 14.6 Å². The van der Waals surface area contributed by atoms with E-state index >= 15 is 0 Å². The summed E-state index contributed by atoms with van der Waals surface area (Å²) in [4.78, 5) is 11.5. The largest absolute Gasteiger partial charge is 0.394 e. The Morgan fingerprint density at radius 3 is 2.64 bits per heavy atom. The van der Waals surface area contributed by atoms with Gasteiger partial charge in [-0.15, -0.1) is 0 Å². The van der Waals surface area contributed by atoms with Gasteiger partial charge in [0.25, 0.3) is 0 Å². The molecule has 0 heterocycles. The maximum Gasteiger partial charge on any atom is 0.223 e. The number of amides is 1. The zero-order valence-electron chi connectivity index (χ0n) is 8.88. The summed E-state index contributed by atoms with van der Waals surface area (Å²) in [5, 5.41) is 11.5. The average Bonchev–Trinajstić information content (AvgIpc) is 2.11. The quantitative estimate of drug-likeness (QED) is 0.678. The summed E-state index contributed by atoms with van der Waals surface area (Å²) < 4.78 is 5.34. The van der Waals surface area contributed by atoms with Crippen molar-refractivity contribution >= 4 is 5.91 Å². The fourth-order valence-electron chi connectivity index (χ4n) is 1.69. The van der Waals surface area contributed by atoms with Crippen molar-refractivity contribution in [1.29, 1.82) is 0 Å². The van der Waals surface area contributed by atoms with Gasteiger partial charge in [-0.25, -0.2) is 0 Å². The van der Waals surface area contributed by atoms with E-state index in [9.17, 15) is 4.79 Å². The standard InChI is InChI=1S/C10H19NO3/c1-8(7-12)11-9(13)6-10(14-2)4-3-5-10/h8,12H,3-7H2,1-2H3,(H,11,13). The van der Waals surface area contributed by atoms with Crippen LogP contribution in [-0.4, -0.2) is 36.4 Å². The maximum atomic E-state index is 11.5. The molecular formula is C10H19NO3. The lowest BCUT2D eigenvalue weighted by Crippen LogP contribution is -2.46. The van der Waals surface area contributed by atoms with Crippen LogP contribution < -0.4 is 5.32 Å². The number of methoxy groups -OCH3 is 1. The third-order valence-corrected chi connectivity index (χ3v) is 2.86. The summed E-state index contributed by atoms with van der Waals surface area (Å²) in [5.74, 6) is -0.0342. The normalized spacial score (nSPS) is 21.1. The predicted molar refractivity (Wildman–Crippen MR) is 52.9 cm³/mol. The van der Waals surface area contributed by atoms with E-state index in [1.54, 1.807) is 14.0 Å². The summed E-state index contributed by atoms with van der Waals surface area (Å²) in [6.45, 7) is 1.75. The summed E-state index contributed by atoms with van der Waals surface area (Å²) >= 11 is 0. The summed E-state index contributed by atoms with van der Waals surface area (Å²) in [6, 6.07) is -0.170. The first-order chi connectivity index (χ1) is 6.62. The van der Waals surface area contributed by atoms with Crippen LogP contribution in [0.1, 0.15) is 32.6 Å². The van der Waals surface area contributed by atoms with Gasteiger partial charge in [-0.1, -0.05) is 0 Å². The Balaban J connectivity index is 2.32. The molecule has 0 aromatic heterocycles. The van der Waals surface area contributed by atoms with Crippen molar-refractivity contribution in [3.05, 3.63) is 0 Å². The number of aliphatic hydroxyl groups excluding tert-OH is 1. The van der Waals surface area contributed by atoms with Crippen molar-refractivity contribution in [1.82, 2.24) is 5.32 Å². The highest BCUT2D eigenvalue weighted by molar-refractivity contribution is 5.77. The van der Waals surface area contributed by atoms with Crippen LogP contribution in [0.15, 0.2) is 0 Å². The van der Waals surface area contributed by atoms with E-state index in [0.29, 0.717) is 6.42 Å². The second kappa shape index (κ2) is 4.75. The molecule has 1 rings (SSSR count). The number of aliphatic hydroxyl groups is 1. The van der Waals surface area contributed by atoms with E-state index < -0.39 is 0 Å². The Morgan fingerprint density at radius 2 is 2.29 bits per heavy atom. The molecule has 1 aliphatic carbocycles. The third kappa shape index (κ3) is 2.69. The molecule has 0 aromatic rings. The number of ether oxygens (including phenoxy) is 1. The van der Waals surface area contributed by atoms with Crippen LogP contribution in [-0.2, 0) is 9.53 Å². The van der Waals surface area contributed by atoms with E-state index in [0.717, 1.165) is 19.3 Å². The van der Waals surface area contributed by atoms with Gasteiger partial charge in [-0.2, -0.15) is 0 Å². The zero-order chi connectivity index (χ0) is 10.6. The van der Waals surface area contributed by atoms with Gasteiger partial charge in [0.15, 0.2) is 0 Å². The highest BCUT2D eigenvalue weighted by Gasteiger charge is 2.39. The number of nitrogens with one attached hydrogen (secondary N) is 1. The molecule has 0 aromatic carbocycles. The smallest absolute Gasteiger partial charge is 0.223 e. The second-order valence-corrected chi connectivity index (χ2v) is 4.07. The first-order valence-corrected chi connectivity index (χ1v) is 5.07.